The van der Waals surface area contributed by atoms with Crippen molar-refractivity contribution in [1.29, 1.82) is 0 Å². The van der Waals surface area contributed by atoms with Crippen molar-refractivity contribution in [2.45, 2.75) is 37.6 Å². The zero-order valence-electron chi connectivity index (χ0n) is 17.2. The molecule has 1 saturated heterocycles. The first-order valence-electron chi connectivity index (χ1n) is 10.3. The average Bonchev–Trinajstić information content (AvgIpc) is 3.30. The number of halogens is 1. The van der Waals surface area contributed by atoms with Gasteiger partial charge in [0.05, 0.1) is 6.04 Å². The molecule has 1 aliphatic rings. The number of amides is 1. The van der Waals surface area contributed by atoms with Gasteiger partial charge in [-0.25, -0.2) is 4.39 Å². The first-order valence-corrected chi connectivity index (χ1v) is 11.2. The van der Waals surface area contributed by atoms with Crippen molar-refractivity contribution >= 4 is 17.2 Å². The van der Waals surface area contributed by atoms with Gasteiger partial charge in [0.1, 0.15) is 5.82 Å². The van der Waals surface area contributed by atoms with Crippen LogP contribution in [0.25, 0.3) is 11.1 Å². The Morgan fingerprint density at radius 1 is 1.13 bits per heavy atom. The van der Waals surface area contributed by atoms with Crippen LogP contribution < -0.4 is 0 Å². The van der Waals surface area contributed by atoms with Crippen LogP contribution in [0.4, 0.5) is 4.39 Å². The largest absolute Gasteiger partial charge is 0.336 e. The molecule has 0 spiro atoms. The van der Waals surface area contributed by atoms with Gasteiger partial charge in [-0.15, -0.1) is 17.9 Å². The first-order chi connectivity index (χ1) is 14.5. The van der Waals surface area contributed by atoms with Crippen LogP contribution in [-0.4, -0.2) is 17.4 Å². The van der Waals surface area contributed by atoms with Crippen molar-refractivity contribution in [3.63, 3.8) is 0 Å². The molecule has 2 nitrogen and oxygen atoms in total. The second-order valence-corrected chi connectivity index (χ2v) is 9.02. The van der Waals surface area contributed by atoms with Crippen molar-refractivity contribution in [3.05, 3.63) is 95.0 Å². The van der Waals surface area contributed by atoms with Gasteiger partial charge in [-0.2, -0.15) is 0 Å². The van der Waals surface area contributed by atoms with Gasteiger partial charge in [0, 0.05) is 23.3 Å². The fourth-order valence-electron chi connectivity index (χ4n) is 4.47. The summed E-state index contributed by atoms with van der Waals surface area (Å²) in [5, 5.41) is 2.09. The number of thiophene rings is 1. The Hall–Kier alpha value is -2.72. The molecule has 3 aromatic rings. The summed E-state index contributed by atoms with van der Waals surface area (Å²) in [5.74, 6) is -0.0331. The molecule has 0 saturated carbocycles. The molecule has 1 aliphatic heterocycles. The quantitative estimate of drug-likeness (QED) is 0.405. The third-order valence-electron chi connectivity index (χ3n) is 6.26. The van der Waals surface area contributed by atoms with Crippen LogP contribution in [0.15, 0.2) is 78.7 Å². The average molecular weight is 420 g/mol. The van der Waals surface area contributed by atoms with Crippen LogP contribution in [0.1, 0.15) is 42.7 Å². The molecule has 0 unspecified atom stereocenters. The molecule has 1 aromatic heterocycles. The van der Waals surface area contributed by atoms with Crippen molar-refractivity contribution in [2.24, 2.45) is 0 Å². The highest BCUT2D eigenvalue weighted by atomic mass is 32.1. The summed E-state index contributed by atoms with van der Waals surface area (Å²) in [6.07, 6.45) is 4.24. The predicted octanol–water partition coefficient (Wildman–Crippen LogP) is 6.75. The van der Waals surface area contributed by atoms with E-state index in [-0.39, 0.29) is 23.2 Å². The Balaban J connectivity index is 1.50. The van der Waals surface area contributed by atoms with E-state index in [0.717, 1.165) is 36.1 Å². The van der Waals surface area contributed by atoms with Gasteiger partial charge in [0.15, 0.2) is 0 Å². The van der Waals surface area contributed by atoms with Gasteiger partial charge < -0.3 is 4.90 Å². The lowest BCUT2D eigenvalue weighted by Gasteiger charge is -2.43. The molecule has 0 bridgehead atoms. The Labute approximate surface area is 181 Å². The van der Waals surface area contributed by atoms with E-state index >= 15 is 0 Å². The topological polar surface area (TPSA) is 20.3 Å². The van der Waals surface area contributed by atoms with Crippen molar-refractivity contribution in [3.8, 4) is 11.1 Å². The third-order valence-corrected chi connectivity index (χ3v) is 7.37. The van der Waals surface area contributed by atoms with Crippen LogP contribution in [-0.2, 0) is 10.2 Å². The maximum absolute atomic E-state index is 13.2. The highest BCUT2D eigenvalue weighted by Gasteiger charge is 2.41. The Morgan fingerprint density at radius 2 is 1.80 bits per heavy atom. The lowest BCUT2D eigenvalue weighted by atomic mass is 9.73. The normalized spacial score (nSPS) is 20.2. The van der Waals surface area contributed by atoms with Gasteiger partial charge in [-0.1, -0.05) is 48.5 Å². The van der Waals surface area contributed by atoms with E-state index in [1.54, 1.807) is 23.5 Å². The van der Waals surface area contributed by atoms with E-state index in [1.165, 1.54) is 17.0 Å². The Kier molecular flexibility index (Phi) is 5.87. The molecule has 4 heteroatoms. The van der Waals surface area contributed by atoms with E-state index in [2.05, 4.69) is 43.1 Å². The van der Waals surface area contributed by atoms with E-state index in [9.17, 15) is 9.18 Å². The number of benzene rings is 2. The monoisotopic (exact) mass is 419 g/mol. The number of rotatable bonds is 6. The summed E-state index contributed by atoms with van der Waals surface area (Å²) in [5.41, 5.74) is 3.02. The zero-order valence-corrected chi connectivity index (χ0v) is 18.0. The number of carbonyl (C=O) groups excluding carboxylic acids is 1. The number of hydrogen-bond donors (Lipinski definition) is 0. The van der Waals surface area contributed by atoms with Gasteiger partial charge in [-0.3, -0.25) is 4.79 Å². The number of carbonyl (C=O) groups is 1. The maximum atomic E-state index is 13.2. The lowest BCUT2D eigenvalue weighted by molar-refractivity contribution is -0.138. The van der Waals surface area contributed by atoms with E-state index in [4.69, 9.17) is 0 Å². The first kappa shape index (κ1) is 20.5. The molecule has 154 valence electrons. The molecule has 2 atom stereocenters. The minimum Gasteiger partial charge on any atom is -0.336 e. The number of allylic oxidation sites excluding steroid dienone is 1. The molecule has 1 fully saturated rings. The highest BCUT2D eigenvalue weighted by Crippen LogP contribution is 2.43. The Bertz CT molecular complexity index is 1010. The van der Waals surface area contributed by atoms with Crippen LogP contribution in [0.3, 0.4) is 0 Å². The van der Waals surface area contributed by atoms with E-state index < -0.39 is 0 Å². The molecule has 2 aromatic carbocycles. The standard InChI is InChI=1S/C26H26FNOS/c1-3-14-26(24-5-4-17-30-24)15-16-28(25(29)18-26)19(2)20-6-8-21(9-7-20)22-10-12-23(27)13-11-22/h3-13,17,19H,1,14-16,18H2,2H3/t19-,26+/m1/s1. The molecular weight excluding hydrogens is 393 g/mol. The summed E-state index contributed by atoms with van der Waals surface area (Å²) in [7, 11) is 0. The fourth-order valence-corrected chi connectivity index (χ4v) is 5.43. The number of nitrogens with zero attached hydrogens (tertiary/aromatic N) is 1. The zero-order chi connectivity index (χ0) is 21.1. The molecule has 4 rings (SSSR count). The molecule has 2 heterocycles. The SMILES string of the molecule is C=CC[C@]1(c2cccs2)CCN([C@H](C)c2ccc(-c3ccc(F)cc3)cc2)C(=O)C1. The number of hydrogen-bond acceptors (Lipinski definition) is 2. The van der Waals surface area contributed by atoms with E-state index in [1.807, 2.05) is 23.1 Å². The van der Waals surface area contributed by atoms with Crippen LogP contribution in [0.5, 0.6) is 0 Å². The Morgan fingerprint density at radius 3 is 2.37 bits per heavy atom. The van der Waals surface area contributed by atoms with Crippen molar-refractivity contribution in [1.82, 2.24) is 4.90 Å². The third kappa shape index (κ3) is 3.97. The molecule has 0 radical (unpaired) electrons. The molecule has 1 amide bonds. The van der Waals surface area contributed by atoms with Gasteiger partial charge in [0.25, 0.3) is 0 Å². The van der Waals surface area contributed by atoms with Gasteiger partial charge >= 0.3 is 0 Å². The van der Waals surface area contributed by atoms with Crippen molar-refractivity contribution in [2.75, 3.05) is 6.54 Å². The van der Waals surface area contributed by atoms with Crippen LogP contribution >= 0.6 is 11.3 Å². The highest BCUT2D eigenvalue weighted by molar-refractivity contribution is 7.10. The van der Waals surface area contributed by atoms with Crippen LogP contribution in [0, 0.1) is 5.82 Å². The minimum atomic E-state index is -0.234. The second kappa shape index (κ2) is 8.57. The molecule has 0 aliphatic carbocycles. The van der Waals surface area contributed by atoms with Crippen LogP contribution in [0.2, 0.25) is 0 Å². The summed E-state index contributed by atoms with van der Waals surface area (Å²) in [4.78, 5) is 16.5. The second-order valence-electron chi connectivity index (χ2n) is 8.07. The van der Waals surface area contributed by atoms with Crippen molar-refractivity contribution < 1.29 is 9.18 Å². The summed E-state index contributed by atoms with van der Waals surface area (Å²) in [6.45, 7) is 6.77. The number of likely N-dealkylation sites (tertiary alicyclic amines) is 1. The minimum absolute atomic E-state index is 0.0184. The smallest absolute Gasteiger partial charge is 0.224 e. The van der Waals surface area contributed by atoms with E-state index in [0.29, 0.717) is 6.42 Å². The van der Waals surface area contributed by atoms with Gasteiger partial charge in [0.2, 0.25) is 5.91 Å². The molecule has 0 N–H and O–H groups in total. The summed E-state index contributed by atoms with van der Waals surface area (Å²) >= 11 is 1.73. The summed E-state index contributed by atoms with van der Waals surface area (Å²) < 4.78 is 13.2. The predicted molar refractivity (Wildman–Crippen MR) is 122 cm³/mol. The molecule has 30 heavy (non-hydrogen) atoms. The fraction of sp³-hybridized carbons (Fsp3) is 0.269. The maximum Gasteiger partial charge on any atom is 0.224 e. The summed E-state index contributed by atoms with van der Waals surface area (Å²) in [6, 6.07) is 19.0. The molecular formula is C26H26FNOS. The number of piperidine rings is 1. The lowest BCUT2D eigenvalue weighted by Crippen LogP contribution is -2.46. The van der Waals surface area contributed by atoms with Gasteiger partial charge in [-0.05, 0) is 60.0 Å².